The molecule has 0 spiro atoms. The summed E-state index contributed by atoms with van der Waals surface area (Å²) >= 11 is 0. The molecule has 0 aromatic rings. The van der Waals surface area contributed by atoms with Gasteiger partial charge in [-0.25, -0.2) is 0 Å². The molecule has 0 saturated heterocycles. The van der Waals surface area contributed by atoms with E-state index in [1.807, 2.05) is 19.1 Å². The van der Waals surface area contributed by atoms with Crippen molar-refractivity contribution < 1.29 is 0 Å². The lowest BCUT2D eigenvalue weighted by Crippen LogP contribution is -2.27. The Morgan fingerprint density at radius 2 is 2.10 bits per heavy atom. The molecule has 0 aromatic carbocycles. The number of nitrogens with two attached hydrogens (primary N) is 3. The van der Waals surface area contributed by atoms with Crippen molar-refractivity contribution in [2.75, 3.05) is 6.54 Å². The van der Waals surface area contributed by atoms with E-state index in [9.17, 15) is 0 Å². The molecule has 0 heterocycles. The van der Waals surface area contributed by atoms with Gasteiger partial charge in [-0.1, -0.05) is 23.8 Å². The van der Waals surface area contributed by atoms with Crippen LogP contribution in [0.15, 0.2) is 23.8 Å². The topological polar surface area (TPSA) is 78.1 Å². The lowest BCUT2D eigenvalue weighted by Gasteiger charge is -1.94. The van der Waals surface area contributed by atoms with Crippen molar-refractivity contribution in [2.45, 2.75) is 13.1 Å². The Bertz CT molecular complexity index is 136. The van der Waals surface area contributed by atoms with Crippen LogP contribution in [0.2, 0.25) is 0 Å². The predicted octanol–water partition coefficient (Wildman–Crippen LogP) is -0.309. The fourth-order valence-electron chi connectivity index (χ4n) is 0.517. The molecule has 0 rings (SSSR count). The van der Waals surface area contributed by atoms with Gasteiger partial charge in [0.05, 0.1) is 6.17 Å². The van der Waals surface area contributed by atoms with E-state index in [2.05, 4.69) is 0 Å². The summed E-state index contributed by atoms with van der Waals surface area (Å²) in [7, 11) is 0. The van der Waals surface area contributed by atoms with Crippen molar-refractivity contribution in [1.82, 2.24) is 0 Å². The van der Waals surface area contributed by atoms with E-state index in [-0.39, 0.29) is 6.17 Å². The van der Waals surface area contributed by atoms with Gasteiger partial charge in [0.2, 0.25) is 0 Å². The van der Waals surface area contributed by atoms with Gasteiger partial charge in [-0.3, -0.25) is 0 Å². The van der Waals surface area contributed by atoms with Crippen LogP contribution in [0.4, 0.5) is 0 Å². The molecule has 0 atom stereocenters. The van der Waals surface area contributed by atoms with Gasteiger partial charge in [0.15, 0.2) is 0 Å². The zero-order chi connectivity index (χ0) is 7.98. The normalized spacial score (nSPS) is 13.5. The molecule has 0 bridgehead atoms. The standard InChI is InChI=1S/C7H15N3/c1-6(4-5-8)2-3-7(9)10/h2-4,7H,5,8-10H2,1H3/b3-2-,6-4-. The van der Waals surface area contributed by atoms with E-state index in [0.717, 1.165) is 5.57 Å². The fourth-order valence-corrected chi connectivity index (χ4v) is 0.517. The largest absolute Gasteiger partial charge is 0.327 e. The zero-order valence-electron chi connectivity index (χ0n) is 6.25. The Morgan fingerprint density at radius 1 is 1.50 bits per heavy atom. The first-order valence-corrected chi connectivity index (χ1v) is 3.23. The summed E-state index contributed by atoms with van der Waals surface area (Å²) in [5.74, 6) is 0. The summed E-state index contributed by atoms with van der Waals surface area (Å²) in [6.45, 7) is 2.50. The van der Waals surface area contributed by atoms with Crippen molar-refractivity contribution in [3.05, 3.63) is 23.8 Å². The van der Waals surface area contributed by atoms with E-state index in [0.29, 0.717) is 6.54 Å². The second kappa shape index (κ2) is 5.17. The minimum Gasteiger partial charge on any atom is -0.327 e. The average molecular weight is 141 g/mol. The molecule has 0 aliphatic heterocycles. The van der Waals surface area contributed by atoms with Gasteiger partial charge < -0.3 is 17.2 Å². The Hall–Kier alpha value is -0.640. The molecule has 0 aliphatic carbocycles. The van der Waals surface area contributed by atoms with Crippen molar-refractivity contribution >= 4 is 0 Å². The maximum absolute atomic E-state index is 5.27. The molecule has 0 aliphatic rings. The lowest BCUT2D eigenvalue weighted by molar-refractivity contribution is 0.874. The monoisotopic (exact) mass is 141 g/mol. The Kier molecular flexibility index (Phi) is 4.84. The third-order valence-corrected chi connectivity index (χ3v) is 1.02. The second-order valence-electron chi connectivity index (χ2n) is 2.12. The highest BCUT2D eigenvalue weighted by Crippen LogP contribution is 1.92. The molecule has 58 valence electrons. The molecule has 10 heavy (non-hydrogen) atoms. The molecule has 0 amide bonds. The van der Waals surface area contributed by atoms with Crippen molar-refractivity contribution in [3.8, 4) is 0 Å². The molecule has 0 unspecified atom stereocenters. The van der Waals surface area contributed by atoms with Crippen LogP contribution in [0.3, 0.4) is 0 Å². The molecule has 3 heteroatoms. The number of allylic oxidation sites excluding steroid dienone is 2. The van der Waals surface area contributed by atoms with E-state index < -0.39 is 0 Å². The van der Waals surface area contributed by atoms with Crippen LogP contribution < -0.4 is 17.2 Å². The van der Waals surface area contributed by atoms with Gasteiger partial charge >= 0.3 is 0 Å². The summed E-state index contributed by atoms with van der Waals surface area (Å²) in [6.07, 6.45) is 5.11. The summed E-state index contributed by atoms with van der Waals surface area (Å²) in [5, 5.41) is 0. The lowest BCUT2D eigenvalue weighted by atomic mass is 10.2. The zero-order valence-corrected chi connectivity index (χ0v) is 6.25. The third kappa shape index (κ3) is 5.50. The van der Waals surface area contributed by atoms with Crippen LogP contribution in [0.1, 0.15) is 6.92 Å². The number of hydrogen-bond acceptors (Lipinski definition) is 3. The molecule has 0 aromatic heterocycles. The van der Waals surface area contributed by atoms with Crippen LogP contribution in [-0.4, -0.2) is 12.7 Å². The maximum Gasteiger partial charge on any atom is 0.0716 e. The van der Waals surface area contributed by atoms with E-state index >= 15 is 0 Å². The molecule has 0 saturated carbocycles. The fraction of sp³-hybridized carbons (Fsp3) is 0.429. The Labute approximate surface area is 61.6 Å². The van der Waals surface area contributed by atoms with E-state index in [1.165, 1.54) is 0 Å². The average Bonchev–Trinajstić information content (AvgIpc) is 1.85. The summed E-state index contributed by atoms with van der Waals surface area (Å²) in [6, 6.07) is 0. The van der Waals surface area contributed by atoms with Gasteiger partial charge in [0.25, 0.3) is 0 Å². The summed E-state index contributed by atoms with van der Waals surface area (Å²) in [5.41, 5.74) is 16.9. The van der Waals surface area contributed by atoms with Crippen molar-refractivity contribution in [1.29, 1.82) is 0 Å². The third-order valence-electron chi connectivity index (χ3n) is 1.02. The number of hydrogen-bond donors (Lipinski definition) is 3. The molecule has 0 radical (unpaired) electrons. The van der Waals surface area contributed by atoms with Crippen LogP contribution >= 0.6 is 0 Å². The molecule has 0 fully saturated rings. The minimum atomic E-state index is -0.374. The SMILES string of the molecule is CC(/C=C\C(N)N)=C/CN. The van der Waals surface area contributed by atoms with Crippen LogP contribution in [0, 0.1) is 0 Å². The van der Waals surface area contributed by atoms with Crippen LogP contribution in [-0.2, 0) is 0 Å². The summed E-state index contributed by atoms with van der Waals surface area (Å²) in [4.78, 5) is 0. The highest BCUT2D eigenvalue weighted by molar-refractivity contribution is 5.17. The van der Waals surface area contributed by atoms with Crippen molar-refractivity contribution in [2.24, 2.45) is 17.2 Å². The van der Waals surface area contributed by atoms with Crippen LogP contribution in [0.5, 0.6) is 0 Å². The van der Waals surface area contributed by atoms with Gasteiger partial charge in [0, 0.05) is 6.54 Å². The molecular weight excluding hydrogens is 126 g/mol. The summed E-state index contributed by atoms with van der Waals surface area (Å²) < 4.78 is 0. The highest BCUT2D eigenvalue weighted by Gasteiger charge is 1.83. The first-order valence-electron chi connectivity index (χ1n) is 3.23. The quantitative estimate of drug-likeness (QED) is 0.372. The first-order chi connectivity index (χ1) is 4.66. The molecular formula is C7H15N3. The smallest absolute Gasteiger partial charge is 0.0716 e. The molecule has 6 N–H and O–H groups in total. The van der Waals surface area contributed by atoms with Gasteiger partial charge in [0.1, 0.15) is 0 Å². The van der Waals surface area contributed by atoms with Crippen molar-refractivity contribution in [3.63, 3.8) is 0 Å². The van der Waals surface area contributed by atoms with Gasteiger partial charge in [-0.05, 0) is 6.92 Å². The second-order valence-corrected chi connectivity index (χ2v) is 2.12. The van der Waals surface area contributed by atoms with E-state index in [1.54, 1.807) is 6.08 Å². The number of rotatable bonds is 3. The predicted molar refractivity (Wildman–Crippen MR) is 44.1 cm³/mol. The first kappa shape index (κ1) is 9.36. The van der Waals surface area contributed by atoms with E-state index in [4.69, 9.17) is 17.2 Å². The molecule has 3 nitrogen and oxygen atoms in total. The Balaban J connectivity index is 3.77. The minimum absolute atomic E-state index is 0.374. The van der Waals surface area contributed by atoms with Crippen LogP contribution in [0.25, 0.3) is 0 Å². The Morgan fingerprint density at radius 3 is 2.50 bits per heavy atom. The van der Waals surface area contributed by atoms with Gasteiger partial charge in [-0.15, -0.1) is 0 Å². The maximum atomic E-state index is 5.27. The van der Waals surface area contributed by atoms with Gasteiger partial charge in [-0.2, -0.15) is 0 Å². The highest BCUT2D eigenvalue weighted by atomic mass is 14.8.